The topological polar surface area (TPSA) is 38.5 Å². The van der Waals surface area contributed by atoms with Crippen LogP contribution < -0.4 is 10.5 Å². The first-order chi connectivity index (χ1) is 10.2. The molecule has 1 heterocycles. The first kappa shape index (κ1) is 16.3. The molecule has 0 radical (unpaired) electrons. The number of methoxy groups -OCH3 is 1. The summed E-state index contributed by atoms with van der Waals surface area (Å²) < 4.78 is 5.39. The lowest BCUT2D eigenvalue weighted by atomic mass is 9.90. The summed E-state index contributed by atoms with van der Waals surface area (Å²) in [6.45, 7) is 6.81. The van der Waals surface area contributed by atoms with Gasteiger partial charge in [-0.05, 0) is 49.4 Å². The van der Waals surface area contributed by atoms with Crippen LogP contribution in [0.2, 0.25) is 0 Å². The Morgan fingerprint density at radius 3 is 2.86 bits per heavy atom. The van der Waals surface area contributed by atoms with Crippen molar-refractivity contribution in [2.45, 2.75) is 51.6 Å². The molecule has 2 N–H and O–H groups in total. The van der Waals surface area contributed by atoms with Crippen LogP contribution in [0, 0.1) is 5.92 Å². The van der Waals surface area contributed by atoms with E-state index >= 15 is 0 Å². The van der Waals surface area contributed by atoms with Gasteiger partial charge in [0.15, 0.2) is 0 Å². The van der Waals surface area contributed by atoms with E-state index in [1.54, 1.807) is 7.11 Å². The molecule has 3 atom stereocenters. The van der Waals surface area contributed by atoms with E-state index < -0.39 is 0 Å². The molecule has 21 heavy (non-hydrogen) atoms. The molecule has 1 fully saturated rings. The van der Waals surface area contributed by atoms with Crippen LogP contribution in [0.15, 0.2) is 24.3 Å². The van der Waals surface area contributed by atoms with Gasteiger partial charge in [-0.25, -0.2) is 0 Å². The van der Waals surface area contributed by atoms with Crippen molar-refractivity contribution in [2.24, 2.45) is 11.7 Å². The van der Waals surface area contributed by atoms with Crippen LogP contribution in [0.25, 0.3) is 0 Å². The van der Waals surface area contributed by atoms with Gasteiger partial charge in [-0.1, -0.05) is 32.4 Å². The van der Waals surface area contributed by atoms with Crippen molar-refractivity contribution < 1.29 is 4.74 Å². The van der Waals surface area contributed by atoms with E-state index in [2.05, 4.69) is 36.9 Å². The zero-order valence-electron chi connectivity index (χ0n) is 13.7. The van der Waals surface area contributed by atoms with Crippen molar-refractivity contribution in [1.82, 2.24) is 4.90 Å². The molecular formula is C18H30N2O. The molecule has 0 aliphatic carbocycles. The second kappa shape index (κ2) is 7.81. The van der Waals surface area contributed by atoms with Crippen LogP contribution in [-0.4, -0.2) is 31.1 Å². The maximum absolute atomic E-state index is 6.48. The molecule has 2 rings (SSSR count). The quantitative estimate of drug-likeness (QED) is 0.870. The number of likely N-dealkylation sites (tertiary alicyclic amines) is 1. The summed E-state index contributed by atoms with van der Waals surface area (Å²) in [6, 6.07) is 8.90. The van der Waals surface area contributed by atoms with E-state index in [0.717, 1.165) is 24.6 Å². The largest absolute Gasteiger partial charge is 0.497 e. The average Bonchev–Trinajstić information content (AvgIpc) is 2.55. The third-order valence-corrected chi connectivity index (χ3v) is 4.83. The summed E-state index contributed by atoms with van der Waals surface area (Å²) >= 11 is 0. The van der Waals surface area contributed by atoms with Crippen LogP contribution in [0.4, 0.5) is 0 Å². The van der Waals surface area contributed by atoms with E-state index in [4.69, 9.17) is 10.5 Å². The van der Waals surface area contributed by atoms with E-state index in [9.17, 15) is 0 Å². The Hall–Kier alpha value is -1.06. The molecule has 1 aliphatic rings. The Bertz CT molecular complexity index is 435. The van der Waals surface area contributed by atoms with Gasteiger partial charge in [0.25, 0.3) is 0 Å². The molecule has 1 aromatic rings. The standard InChI is InChI=1S/C18H30N2O/c1-4-14-8-7-11-20(13-14)18(17(19)5-2)15-9-6-10-16(12-15)21-3/h6,9-10,12,14,17-18H,4-5,7-8,11,13,19H2,1-3H3. The van der Waals surface area contributed by atoms with Gasteiger partial charge in [0.2, 0.25) is 0 Å². The smallest absolute Gasteiger partial charge is 0.119 e. The minimum Gasteiger partial charge on any atom is -0.497 e. The zero-order chi connectivity index (χ0) is 15.2. The van der Waals surface area contributed by atoms with Crippen molar-refractivity contribution in [3.05, 3.63) is 29.8 Å². The Morgan fingerprint density at radius 1 is 1.38 bits per heavy atom. The van der Waals surface area contributed by atoms with Gasteiger partial charge in [0.1, 0.15) is 5.75 Å². The van der Waals surface area contributed by atoms with E-state index in [1.807, 2.05) is 6.07 Å². The normalized spacial score (nSPS) is 22.8. The van der Waals surface area contributed by atoms with Crippen LogP contribution >= 0.6 is 0 Å². The van der Waals surface area contributed by atoms with Gasteiger partial charge < -0.3 is 10.5 Å². The molecule has 0 saturated carbocycles. The van der Waals surface area contributed by atoms with E-state index in [0.29, 0.717) is 6.04 Å². The predicted octanol–water partition coefficient (Wildman–Crippen LogP) is 3.60. The van der Waals surface area contributed by atoms with Crippen molar-refractivity contribution in [2.75, 3.05) is 20.2 Å². The highest BCUT2D eigenvalue weighted by Crippen LogP contribution is 2.32. The Labute approximate surface area is 129 Å². The number of piperidine rings is 1. The molecule has 0 amide bonds. The summed E-state index contributed by atoms with van der Waals surface area (Å²) in [7, 11) is 1.72. The fraction of sp³-hybridized carbons (Fsp3) is 0.667. The molecule has 1 aliphatic heterocycles. The second-order valence-electron chi connectivity index (χ2n) is 6.20. The van der Waals surface area contributed by atoms with Crippen molar-refractivity contribution in [1.29, 1.82) is 0 Å². The lowest BCUT2D eigenvalue weighted by Gasteiger charge is -2.41. The highest BCUT2D eigenvalue weighted by Gasteiger charge is 2.29. The summed E-state index contributed by atoms with van der Waals surface area (Å²) in [5, 5.41) is 0. The summed E-state index contributed by atoms with van der Waals surface area (Å²) in [5.74, 6) is 1.74. The molecule has 118 valence electrons. The molecule has 3 nitrogen and oxygen atoms in total. The van der Waals surface area contributed by atoms with Gasteiger partial charge >= 0.3 is 0 Å². The van der Waals surface area contributed by atoms with Crippen molar-refractivity contribution in [3.63, 3.8) is 0 Å². The molecule has 0 spiro atoms. The van der Waals surface area contributed by atoms with Crippen molar-refractivity contribution in [3.8, 4) is 5.75 Å². The highest BCUT2D eigenvalue weighted by atomic mass is 16.5. The Morgan fingerprint density at radius 2 is 2.19 bits per heavy atom. The molecule has 0 aromatic heterocycles. The molecular weight excluding hydrogens is 260 g/mol. The number of benzene rings is 1. The predicted molar refractivity (Wildman–Crippen MR) is 88.6 cm³/mol. The first-order valence-electron chi connectivity index (χ1n) is 8.33. The van der Waals surface area contributed by atoms with E-state index in [1.165, 1.54) is 31.4 Å². The summed E-state index contributed by atoms with van der Waals surface area (Å²) in [5.41, 5.74) is 7.77. The maximum Gasteiger partial charge on any atom is 0.119 e. The summed E-state index contributed by atoms with van der Waals surface area (Å²) in [4.78, 5) is 2.60. The molecule has 1 saturated heterocycles. The van der Waals surface area contributed by atoms with Crippen LogP contribution in [0.5, 0.6) is 5.75 Å². The highest BCUT2D eigenvalue weighted by molar-refractivity contribution is 5.31. The number of nitrogens with zero attached hydrogens (tertiary/aromatic N) is 1. The third kappa shape index (κ3) is 3.98. The third-order valence-electron chi connectivity index (χ3n) is 4.83. The lowest BCUT2D eigenvalue weighted by molar-refractivity contribution is 0.104. The molecule has 3 heteroatoms. The number of rotatable bonds is 6. The number of hydrogen-bond donors (Lipinski definition) is 1. The number of nitrogens with two attached hydrogens (primary N) is 1. The summed E-state index contributed by atoms with van der Waals surface area (Å²) in [6.07, 6.45) is 4.91. The minimum atomic E-state index is 0.174. The van der Waals surface area contributed by atoms with Crippen LogP contribution in [0.3, 0.4) is 0 Å². The molecule has 0 bridgehead atoms. The Balaban J connectivity index is 2.24. The molecule has 1 aromatic carbocycles. The average molecular weight is 290 g/mol. The SMILES string of the molecule is CCC1CCCN(C(c2cccc(OC)c2)C(N)CC)C1. The molecule has 3 unspecified atom stereocenters. The Kier molecular flexibility index (Phi) is 6.07. The van der Waals surface area contributed by atoms with Gasteiger partial charge in [-0.2, -0.15) is 0 Å². The van der Waals surface area contributed by atoms with Gasteiger partial charge in [-0.15, -0.1) is 0 Å². The zero-order valence-corrected chi connectivity index (χ0v) is 13.7. The first-order valence-corrected chi connectivity index (χ1v) is 8.33. The second-order valence-corrected chi connectivity index (χ2v) is 6.20. The number of ether oxygens (including phenoxy) is 1. The maximum atomic E-state index is 6.48. The van der Waals surface area contributed by atoms with Gasteiger partial charge in [0, 0.05) is 12.6 Å². The van der Waals surface area contributed by atoms with Crippen molar-refractivity contribution >= 4 is 0 Å². The fourth-order valence-electron chi connectivity index (χ4n) is 3.46. The lowest BCUT2D eigenvalue weighted by Crippen LogP contribution is -2.45. The minimum absolute atomic E-state index is 0.174. The van der Waals surface area contributed by atoms with Crippen LogP contribution in [0.1, 0.15) is 51.1 Å². The van der Waals surface area contributed by atoms with Gasteiger partial charge in [0.05, 0.1) is 13.2 Å². The van der Waals surface area contributed by atoms with Gasteiger partial charge in [-0.3, -0.25) is 4.90 Å². The monoisotopic (exact) mass is 290 g/mol. The number of hydrogen-bond acceptors (Lipinski definition) is 3. The van der Waals surface area contributed by atoms with E-state index in [-0.39, 0.29) is 6.04 Å². The van der Waals surface area contributed by atoms with Crippen LogP contribution in [-0.2, 0) is 0 Å². The fourth-order valence-corrected chi connectivity index (χ4v) is 3.46.